The van der Waals surface area contributed by atoms with Crippen molar-refractivity contribution in [1.82, 2.24) is 4.90 Å². The monoisotopic (exact) mass is 290 g/mol. The lowest BCUT2D eigenvalue weighted by molar-refractivity contribution is -0.132. The summed E-state index contributed by atoms with van der Waals surface area (Å²) in [4.78, 5) is 14.5. The Hall–Kier alpha value is -1.35. The maximum atomic E-state index is 12.5. The number of benzene rings is 1. The van der Waals surface area contributed by atoms with Crippen LogP contribution < -0.4 is 5.73 Å². The molecule has 1 aromatic rings. The Labute approximate surface area is 129 Å². The fraction of sp³-hybridized carbons (Fsp3) is 0.611. The molecule has 1 aromatic carbocycles. The fourth-order valence-electron chi connectivity index (χ4n) is 2.48. The summed E-state index contributed by atoms with van der Waals surface area (Å²) < 4.78 is 0. The van der Waals surface area contributed by atoms with Crippen LogP contribution in [0.3, 0.4) is 0 Å². The van der Waals surface area contributed by atoms with Gasteiger partial charge < -0.3 is 10.6 Å². The Bertz CT molecular complexity index is 414. The molecule has 0 radical (unpaired) electrons. The van der Waals surface area contributed by atoms with Crippen molar-refractivity contribution in [3.05, 3.63) is 35.9 Å². The van der Waals surface area contributed by atoms with Gasteiger partial charge in [-0.3, -0.25) is 4.79 Å². The van der Waals surface area contributed by atoms with E-state index in [-0.39, 0.29) is 11.3 Å². The van der Waals surface area contributed by atoms with Gasteiger partial charge in [-0.1, -0.05) is 51.1 Å². The topological polar surface area (TPSA) is 46.3 Å². The summed E-state index contributed by atoms with van der Waals surface area (Å²) in [5, 5.41) is 0. The Kier molecular flexibility index (Phi) is 7.44. The lowest BCUT2D eigenvalue weighted by Crippen LogP contribution is -2.32. The van der Waals surface area contributed by atoms with Crippen LogP contribution in [0, 0.1) is 5.41 Å². The summed E-state index contributed by atoms with van der Waals surface area (Å²) in [5.41, 5.74) is 6.98. The van der Waals surface area contributed by atoms with E-state index in [4.69, 9.17) is 5.73 Å². The molecule has 0 unspecified atom stereocenters. The number of carbonyl (C=O) groups excluding carboxylic acids is 1. The highest BCUT2D eigenvalue weighted by molar-refractivity contribution is 5.76. The van der Waals surface area contributed by atoms with Gasteiger partial charge in [0.25, 0.3) is 0 Å². The predicted molar refractivity (Wildman–Crippen MR) is 88.8 cm³/mol. The molecule has 0 atom stereocenters. The lowest BCUT2D eigenvalue weighted by atomic mass is 9.84. The summed E-state index contributed by atoms with van der Waals surface area (Å²) in [6, 6.07) is 10.2. The van der Waals surface area contributed by atoms with Crippen LogP contribution in [0.4, 0.5) is 0 Å². The van der Waals surface area contributed by atoms with Crippen LogP contribution in [0.15, 0.2) is 30.3 Å². The minimum Gasteiger partial charge on any atom is -0.338 e. The highest BCUT2D eigenvalue weighted by atomic mass is 16.2. The zero-order valence-electron chi connectivity index (χ0n) is 13.8. The molecule has 2 N–H and O–H groups in total. The van der Waals surface area contributed by atoms with Gasteiger partial charge in [-0.2, -0.15) is 0 Å². The third-order valence-electron chi connectivity index (χ3n) is 3.90. The van der Waals surface area contributed by atoms with E-state index in [1.165, 1.54) is 5.56 Å². The van der Waals surface area contributed by atoms with Gasteiger partial charge in [0.2, 0.25) is 5.91 Å². The number of amides is 1. The zero-order chi connectivity index (χ0) is 15.7. The van der Waals surface area contributed by atoms with Gasteiger partial charge in [0.1, 0.15) is 0 Å². The molecular formula is C18H30N2O. The predicted octanol–water partition coefficient (Wildman–Crippen LogP) is 3.58. The summed E-state index contributed by atoms with van der Waals surface area (Å²) in [6.45, 7) is 8.71. The molecule has 0 saturated carbocycles. The maximum absolute atomic E-state index is 12.5. The number of nitrogens with two attached hydrogens (primary N) is 1. The van der Waals surface area contributed by atoms with E-state index in [9.17, 15) is 4.79 Å². The van der Waals surface area contributed by atoms with E-state index in [0.29, 0.717) is 19.5 Å². The SMILES string of the molecule is CCCN(Cc1ccccc1)C(=O)CCC(C)(C)CCN. The second kappa shape index (κ2) is 8.83. The molecule has 0 aliphatic heterocycles. The van der Waals surface area contributed by atoms with Gasteiger partial charge >= 0.3 is 0 Å². The Morgan fingerprint density at radius 2 is 1.86 bits per heavy atom. The zero-order valence-corrected chi connectivity index (χ0v) is 13.8. The molecular weight excluding hydrogens is 260 g/mol. The van der Waals surface area contributed by atoms with Gasteiger partial charge in [-0.15, -0.1) is 0 Å². The van der Waals surface area contributed by atoms with Crippen molar-refractivity contribution < 1.29 is 4.79 Å². The Morgan fingerprint density at radius 3 is 2.43 bits per heavy atom. The number of hydrogen-bond acceptors (Lipinski definition) is 2. The Morgan fingerprint density at radius 1 is 1.19 bits per heavy atom. The minimum atomic E-state index is 0.148. The summed E-state index contributed by atoms with van der Waals surface area (Å²) in [5.74, 6) is 0.255. The lowest BCUT2D eigenvalue weighted by Gasteiger charge is -2.27. The normalized spacial score (nSPS) is 11.4. The molecule has 21 heavy (non-hydrogen) atoms. The van der Waals surface area contributed by atoms with Crippen LogP contribution in [0.1, 0.15) is 52.0 Å². The number of hydrogen-bond donors (Lipinski definition) is 1. The highest BCUT2D eigenvalue weighted by Gasteiger charge is 2.20. The fourth-order valence-corrected chi connectivity index (χ4v) is 2.48. The standard InChI is InChI=1S/C18H30N2O/c1-4-14-20(15-16-8-6-5-7-9-16)17(21)10-11-18(2,3)12-13-19/h5-9H,4,10-15,19H2,1-3H3. The van der Waals surface area contributed by atoms with Crippen LogP contribution in [-0.2, 0) is 11.3 Å². The average molecular weight is 290 g/mol. The van der Waals surface area contributed by atoms with Gasteiger partial charge in [0.05, 0.1) is 0 Å². The van der Waals surface area contributed by atoms with Gasteiger partial charge in [0.15, 0.2) is 0 Å². The number of nitrogens with zero attached hydrogens (tertiary/aromatic N) is 1. The maximum Gasteiger partial charge on any atom is 0.222 e. The molecule has 0 spiro atoms. The van der Waals surface area contributed by atoms with E-state index >= 15 is 0 Å². The van der Waals surface area contributed by atoms with Crippen molar-refractivity contribution in [3.63, 3.8) is 0 Å². The molecule has 3 heteroatoms. The van der Waals surface area contributed by atoms with Crippen molar-refractivity contribution in [2.24, 2.45) is 11.1 Å². The van der Waals surface area contributed by atoms with Crippen molar-refractivity contribution >= 4 is 5.91 Å². The smallest absolute Gasteiger partial charge is 0.222 e. The van der Waals surface area contributed by atoms with Crippen molar-refractivity contribution in [2.45, 2.75) is 53.0 Å². The van der Waals surface area contributed by atoms with Crippen LogP contribution in [0.5, 0.6) is 0 Å². The van der Waals surface area contributed by atoms with E-state index in [0.717, 1.165) is 25.8 Å². The molecule has 1 rings (SSSR count). The number of rotatable bonds is 9. The third-order valence-corrected chi connectivity index (χ3v) is 3.90. The Balaban J connectivity index is 2.57. The molecule has 0 bridgehead atoms. The first-order valence-electron chi connectivity index (χ1n) is 8.00. The molecule has 0 heterocycles. The second-order valence-corrected chi connectivity index (χ2v) is 6.50. The molecule has 0 aliphatic rings. The first-order chi connectivity index (χ1) is 9.98. The minimum absolute atomic E-state index is 0.148. The molecule has 3 nitrogen and oxygen atoms in total. The van der Waals surface area contributed by atoms with Crippen molar-refractivity contribution in [3.8, 4) is 0 Å². The molecule has 0 aliphatic carbocycles. The van der Waals surface area contributed by atoms with E-state index in [1.807, 2.05) is 23.1 Å². The first kappa shape index (κ1) is 17.7. The highest BCUT2D eigenvalue weighted by Crippen LogP contribution is 2.26. The van der Waals surface area contributed by atoms with Crippen LogP contribution in [0.25, 0.3) is 0 Å². The largest absolute Gasteiger partial charge is 0.338 e. The van der Waals surface area contributed by atoms with E-state index in [2.05, 4.69) is 32.9 Å². The molecule has 0 saturated heterocycles. The van der Waals surface area contributed by atoms with Gasteiger partial charge in [-0.25, -0.2) is 0 Å². The van der Waals surface area contributed by atoms with Crippen LogP contribution >= 0.6 is 0 Å². The second-order valence-electron chi connectivity index (χ2n) is 6.50. The van der Waals surface area contributed by atoms with Crippen molar-refractivity contribution in [1.29, 1.82) is 0 Å². The van der Waals surface area contributed by atoms with Gasteiger partial charge in [0, 0.05) is 19.5 Å². The van der Waals surface area contributed by atoms with E-state index < -0.39 is 0 Å². The van der Waals surface area contributed by atoms with Gasteiger partial charge in [-0.05, 0) is 36.8 Å². The summed E-state index contributed by atoms with van der Waals surface area (Å²) in [6.07, 6.45) is 3.47. The molecule has 0 fully saturated rings. The average Bonchev–Trinajstić information content (AvgIpc) is 2.45. The van der Waals surface area contributed by atoms with Crippen LogP contribution in [-0.4, -0.2) is 23.9 Å². The first-order valence-corrected chi connectivity index (χ1v) is 8.00. The van der Waals surface area contributed by atoms with E-state index in [1.54, 1.807) is 0 Å². The molecule has 118 valence electrons. The summed E-state index contributed by atoms with van der Waals surface area (Å²) >= 11 is 0. The quantitative estimate of drug-likeness (QED) is 0.755. The van der Waals surface area contributed by atoms with Crippen LogP contribution in [0.2, 0.25) is 0 Å². The van der Waals surface area contributed by atoms with Crippen molar-refractivity contribution in [2.75, 3.05) is 13.1 Å². The molecule has 1 amide bonds. The molecule has 0 aromatic heterocycles. The number of carbonyl (C=O) groups is 1. The third kappa shape index (κ3) is 6.76. The summed E-state index contributed by atoms with van der Waals surface area (Å²) in [7, 11) is 0.